The van der Waals surface area contributed by atoms with Gasteiger partial charge in [0.2, 0.25) is 17.6 Å². The normalized spacial score (nSPS) is 17.8. The molecule has 1 saturated heterocycles. The number of aromatic nitrogens is 2. The highest BCUT2D eigenvalue weighted by molar-refractivity contribution is 5.85. The Labute approximate surface area is 158 Å². The molecule has 142 valence electrons. The summed E-state index contributed by atoms with van der Waals surface area (Å²) in [7, 11) is 1.59. The minimum atomic E-state index is -0.382. The maximum atomic E-state index is 12.2. The number of ether oxygens (including phenoxy) is 2. The molecule has 1 aliphatic rings. The van der Waals surface area contributed by atoms with E-state index in [1.165, 1.54) is 0 Å². The van der Waals surface area contributed by atoms with Gasteiger partial charge < -0.3 is 24.6 Å². The van der Waals surface area contributed by atoms with E-state index < -0.39 is 0 Å². The largest absolute Gasteiger partial charge is 0.496 e. The summed E-state index contributed by atoms with van der Waals surface area (Å²) in [4.78, 5) is 16.5. The first-order chi connectivity index (χ1) is 12.2. The molecule has 0 saturated carbocycles. The third kappa shape index (κ3) is 4.94. The average molecular weight is 383 g/mol. The van der Waals surface area contributed by atoms with Crippen LogP contribution in [0, 0.1) is 0 Å². The van der Waals surface area contributed by atoms with E-state index in [0.29, 0.717) is 37.1 Å². The molecule has 1 amide bonds. The van der Waals surface area contributed by atoms with Crippen LogP contribution in [0.4, 0.5) is 0 Å². The van der Waals surface area contributed by atoms with Gasteiger partial charge in [0.25, 0.3) is 0 Å². The molecule has 2 heterocycles. The molecule has 26 heavy (non-hydrogen) atoms. The van der Waals surface area contributed by atoms with Crippen LogP contribution < -0.4 is 15.4 Å². The highest BCUT2D eigenvalue weighted by atomic mass is 35.5. The first-order valence-corrected chi connectivity index (χ1v) is 8.25. The van der Waals surface area contributed by atoms with Crippen molar-refractivity contribution in [2.45, 2.75) is 25.4 Å². The minimum Gasteiger partial charge on any atom is -0.496 e. The molecule has 8 nitrogen and oxygen atoms in total. The monoisotopic (exact) mass is 382 g/mol. The molecule has 1 aromatic heterocycles. The lowest BCUT2D eigenvalue weighted by Crippen LogP contribution is -2.44. The van der Waals surface area contributed by atoms with E-state index in [2.05, 4.69) is 20.8 Å². The molecule has 3 rings (SSSR count). The van der Waals surface area contributed by atoms with E-state index in [4.69, 9.17) is 14.0 Å². The maximum Gasteiger partial charge on any atom is 0.249 e. The van der Waals surface area contributed by atoms with Gasteiger partial charge in [0.05, 0.1) is 25.9 Å². The number of carbonyl (C=O) groups is 1. The highest BCUT2D eigenvalue weighted by Gasteiger charge is 2.21. The second-order valence-electron chi connectivity index (χ2n) is 5.88. The summed E-state index contributed by atoms with van der Waals surface area (Å²) in [5.74, 6) is 1.35. The maximum absolute atomic E-state index is 12.2. The zero-order chi connectivity index (χ0) is 17.6. The van der Waals surface area contributed by atoms with Gasteiger partial charge in [-0.3, -0.25) is 4.79 Å². The molecule has 1 aromatic carbocycles. The molecule has 1 fully saturated rings. The van der Waals surface area contributed by atoms with Crippen LogP contribution in [-0.4, -0.2) is 49.0 Å². The summed E-state index contributed by atoms with van der Waals surface area (Å²) in [6.45, 7) is 3.80. The van der Waals surface area contributed by atoms with Crippen LogP contribution in [0.1, 0.15) is 25.3 Å². The molecule has 1 aliphatic heterocycles. The summed E-state index contributed by atoms with van der Waals surface area (Å²) >= 11 is 0. The molecule has 2 aromatic rings. The Morgan fingerprint density at radius 3 is 3.00 bits per heavy atom. The minimum absolute atomic E-state index is 0. The third-order valence-corrected chi connectivity index (χ3v) is 3.97. The molecule has 2 atom stereocenters. The Morgan fingerprint density at radius 2 is 2.27 bits per heavy atom. The number of amides is 1. The molecule has 9 heteroatoms. The van der Waals surface area contributed by atoms with Crippen molar-refractivity contribution in [1.29, 1.82) is 0 Å². The average Bonchev–Trinajstić information content (AvgIpc) is 3.12. The Hall–Kier alpha value is -2.16. The predicted molar refractivity (Wildman–Crippen MR) is 97.3 cm³/mol. The van der Waals surface area contributed by atoms with Gasteiger partial charge in [-0.2, -0.15) is 4.98 Å². The zero-order valence-electron chi connectivity index (χ0n) is 14.7. The second-order valence-corrected chi connectivity index (χ2v) is 5.88. The van der Waals surface area contributed by atoms with Gasteiger partial charge in [0.1, 0.15) is 11.8 Å². The van der Waals surface area contributed by atoms with E-state index in [1.54, 1.807) is 7.11 Å². The lowest BCUT2D eigenvalue weighted by molar-refractivity contribution is -0.123. The van der Waals surface area contributed by atoms with Crippen LogP contribution in [0.15, 0.2) is 28.8 Å². The van der Waals surface area contributed by atoms with Gasteiger partial charge in [-0.05, 0) is 19.1 Å². The molecule has 2 unspecified atom stereocenters. The summed E-state index contributed by atoms with van der Waals surface area (Å²) < 4.78 is 16.0. The Morgan fingerprint density at radius 1 is 1.46 bits per heavy atom. The first-order valence-electron chi connectivity index (χ1n) is 8.25. The summed E-state index contributed by atoms with van der Waals surface area (Å²) in [5, 5.41) is 10.1. The Balaban J connectivity index is 0.00000243. The smallest absolute Gasteiger partial charge is 0.249 e. The summed E-state index contributed by atoms with van der Waals surface area (Å²) in [6.07, 6.45) is 0.345. The molecule has 0 bridgehead atoms. The van der Waals surface area contributed by atoms with Crippen molar-refractivity contribution in [2.75, 3.05) is 26.9 Å². The molecular weight excluding hydrogens is 360 g/mol. The van der Waals surface area contributed by atoms with Crippen LogP contribution in [0.2, 0.25) is 0 Å². The predicted octanol–water partition coefficient (Wildman–Crippen LogP) is 1.72. The summed E-state index contributed by atoms with van der Waals surface area (Å²) in [6, 6.07) is 7.08. The number of para-hydroxylation sites is 1. The second kappa shape index (κ2) is 9.51. The van der Waals surface area contributed by atoms with Gasteiger partial charge in [-0.15, -0.1) is 12.4 Å². The van der Waals surface area contributed by atoms with Gasteiger partial charge in [0, 0.05) is 19.0 Å². The lowest BCUT2D eigenvalue weighted by Gasteiger charge is -2.23. The number of morpholine rings is 1. The fourth-order valence-electron chi connectivity index (χ4n) is 2.69. The van der Waals surface area contributed by atoms with Crippen LogP contribution in [0.25, 0.3) is 11.4 Å². The number of carbonyl (C=O) groups excluding carboxylic acids is 1. The zero-order valence-corrected chi connectivity index (χ0v) is 15.5. The highest BCUT2D eigenvalue weighted by Crippen LogP contribution is 2.27. The topological polar surface area (TPSA) is 98.5 Å². The van der Waals surface area contributed by atoms with Crippen molar-refractivity contribution in [3.05, 3.63) is 30.2 Å². The summed E-state index contributed by atoms with van der Waals surface area (Å²) in [5.41, 5.74) is 0.738. The van der Waals surface area contributed by atoms with E-state index in [9.17, 15) is 4.79 Å². The van der Waals surface area contributed by atoms with Gasteiger partial charge >= 0.3 is 0 Å². The van der Waals surface area contributed by atoms with Crippen molar-refractivity contribution in [3.63, 3.8) is 0 Å². The number of halogens is 1. The van der Waals surface area contributed by atoms with Crippen molar-refractivity contribution >= 4 is 18.3 Å². The number of benzene rings is 1. The number of methoxy groups -OCH3 is 1. The number of hydrogen-bond donors (Lipinski definition) is 2. The van der Waals surface area contributed by atoms with Gasteiger partial charge in [-0.1, -0.05) is 17.3 Å². The van der Waals surface area contributed by atoms with E-state index >= 15 is 0 Å². The number of nitrogens with zero attached hydrogens (tertiary/aromatic N) is 2. The SMILES string of the molecule is COc1ccccc1-c1noc(C(C)NC(=O)CC2COCCN2)n1.Cl. The Bertz CT molecular complexity index is 718. The molecular formula is C17H23ClN4O4. The number of hydrogen-bond acceptors (Lipinski definition) is 7. The number of nitrogens with one attached hydrogen (secondary N) is 2. The fourth-order valence-corrected chi connectivity index (χ4v) is 2.69. The van der Waals surface area contributed by atoms with Crippen molar-refractivity contribution in [1.82, 2.24) is 20.8 Å². The van der Waals surface area contributed by atoms with E-state index in [0.717, 1.165) is 12.1 Å². The van der Waals surface area contributed by atoms with Crippen LogP contribution in [-0.2, 0) is 9.53 Å². The standard InChI is InChI=1S/C17H22N4O4.ClH/c1-11(19-15(22)9-12-10-24-8-7-18-12)17-20-16(21-25-17)13-5-3-4-6-14(13)23-2;/h3-6,11-12,18H,7-10H2,1-2H3,(H,19,22);1H. The van der Waals surface area contributed by atoms with Crippen LogP contribution in [0.3, 0.4) is 0 Å². The Kier molecular flexibility index (Phi) is 7.38. The molecule has 0 radical (unpaired) electrons. The van der Waals surface area contributed by atoms with Crippen molar-refractivity contribution in [2.24, 2.45) is 0 Å². The van der Waals surface area contributed by atoms with E-state index in [1.807, 2.05) is 31.2 Å². The number of rotatable bonds is 6. The van der Waals surface area contributed by atoms with Crippen molar-refractivity contribution in [3.8, 4) is 17.1 Å². The molecule has 2 N–H and O–H groups in total. The quantitative estimate of drug-likeness (QED) is 0.784. The van der Waals surface area contributed by atoms with Gasteiger partial charge in [-0.25, -0.2) is 0 Å². The lowest BCUT2D eigenvalue weighted by atomic mass is 10.2. The van der Waals surface area contributed by atoms with E-state index in [-0.39, 0.29) is 30.4 Å². The van der Waals surface area contributed by atoms with Crippen molar-refractivity contribution < 1.29 is 18.8 Å². The third-order valence-electron chi connectivity index (χ3n) is 3.97. The fraction of sp³-hybridized carbons (Fsp3) is 0.471. The molecule has 0 aliphatic carbocycles. The first kappa shape index (κ1) is 20.2. The molecule has 0 spiro atoms. The van der Waals surface area contributed by atoms with Crippen LogP contribution >= 0.6 is 12.4 Å². The van der Waals surface area contributed by atoms with Gasteiger partial charge in [0.15, 0.2) is 0 Å². The van der Waals surface area contributed by atoms with Crippen LogP contribution in [0.5, 0.6) is 5.75 Å².